The summed E-state index contributed by atoms with van der Waals surface area (Å²) in [6, 6.07) is 21.8. The highest BCUT2D eigenvalue weighted by molar-refractivity contribution is 6.29. The second kappa shape index (κ2) is 9.70. The number of nitrogens with zero attached hydrogens (tertiary/aromatic N) is 6. The minimum absolute atomic E-state index is 0.391. The molecule has 0 aliphatic heterocycles. The number of halogens is 1. The number of aromatic nitrogens is 4. The highest BCUT2D eigenvalue weighted by atomic mass is 35.5. The smallest absolute Gasteiger partial charge is 0.129 e. The summed E-state index contributed by atoms with van der Waals surface area (Å²) in [5.41, 5.74) is 3.57. The van der Waals surface area contributed by atoms with Crippen molar-refractivity contribution < 1.29 is 0 Å². The second-order valence-electron chi connectivity index (χ2n) is 5.58. The van der Waals surface area contributed by atoms with Crippen molar-refractivity contribution >= 4 is 11.6 Å². The summed E-state index contributed by atoms with van der Waals surface area (Å²) in [4.78, 5) is 16.5. The molecular formula is C22H13ClN6. The van der Waals surface area contributed by atoms with Crippen molar-refractivity contribution in [1.29, 1.82) is 10.5 Å². The molecule has 4 rings (SSSR count). The van der Waals surface area contributed by atoms with Crippen molar-refractivity contribution in [2.45, 2.75) is 0 Å². The number of hydrogen-bond donors (Lipinski definition) is 0. The van der Waals surface area contributed by atoms with Gasteiger partial charge in [-0.3, -0.25) is 15.0 Å². The van der Waals surface area contributed by atoms with Crippen molar-refractivity contribution in [2.75, 3.05) is 0 Å². The lowest BCUT2D eigenvalue weighted by molar-refractivity contribution is 1.23. The van der Waals surface area contributed by atoms with Crippen LogP contribution in [0, 0.1) is 22.7 Å². The Labute approximate surface area is 172 Å². The predicted molar refractivity (Wildman–Crippen MR) is 109 cm³/mol. The van der Waals surface area contributed by atoms with Crippen LogP contribution in [-0.2, 0) is 0 Å². The summed E-state index contributed by atoms with van der Waals surface area (Å²) >= 11 is 5.77. The lowest BCUT2D eigenvalue weighted by atomic mass is 10.1. The van der Waals surface area contributed by atoms with E-state index in [-0.39, 0.29) is 0 Å². The summed E-state index contributed by atoms with van der Waals surface area (Å²) in [7, 11) is 0. The topological polar surface area (TPSA) is 99.1 Å². The van der Waals surface area contributed by atoms with Crippen LogP contribution in [0.2, 0.25) is 5.15 Å². The quantitative estimate of drug-likeness (QED) is 0.456. The van der Waals surface area contributed by atoms with Crippen molar-refractivity contribution in [3.8, 4) is 34.9 Å². The van der Waals surface area contributed by atoms with E-state index in [1.807, 2.05) is 18.2 Å². The maximum Gasteiger partial charge on any atom is 0.129 e. The maximum absolute atomic E-state index is 8.90. The second-order valence-corrected chi connectivity index (χ2v) is 5.97. The van der Waals surface area contributed by atoms with Crippen LogP contribution in [0.1, 0.15) is 11.1 Å². The van der Waals surface area contributed by atoms with Crippen LogP contribution >= 0.6 is 11.6 Å². The van der Waals surface area contributed by atoms with Gasteiger partial charge in [0.2, 0.25) is 0 Å². The first-order valence-electron chi connectivity index (χ1n) is 8.47. The van der Waals surface area contributed by atoms with E-state index in [0.717, 1.165) is 5.69 Å². The van der Waals surface area contributed by atoms with E-state index in [9.17, 15) is 0 Å². The summed E-state index contributed by atoms with van der Waals surface area (Å²) in [5.74, 6) is 0. The van der Waals surface area contributed by atoms with Crippen LogP contribution in [0.25, 0.3) is 22.8 Å². The van der Waals surface area contributed by atoms with Gasteiger partial charge in [0.1, 0.15) is 28.7 Å². The third kappa shape index (κ3) is 4.98. The predicted octanol–water partition coefficient (Wildman–Crippen LogP) is 4.68. The van der Waals surface area contributed by atoms with E-state index in [0.29, 0.717) is 33.4 Å². The summed E-state index contributed by atoms with van der Waals surface area (Å²) in [6.07, 6.45) is 4.97. The van der Waals surface area contributed by atoms with Crippen molar-refractivity contribution in [2.24, 2.45) is 0 Å². The molecule has 0 spiro atoms. The van der Waals surface area contributed by atoms with Gasteiger partial charge < -0.3 is 0 Å². The van der Waals surface area contributed by atoms with Crippen LogP contribution in [0.15, 0.2) is 79.3 Å². The molecule has 0 saturated carbocycles. The van der Waals surface area contributed by atoms with Crippen LogP contribution < -0.4 is 0 Å². The molecule has 4 aromatic rings. The molecule has 0 unspecified atom stereocenters. The molecule has 0 N–H and O–H groups in total. The zero-order chi connectivity index (χ0) is 20.5. The molecule has 0 aliphatic carbocycles. The largest absolute Gasteiger partial charge is 0.255 e. The SMILES string of the molecule is N#Cc1cccnc1-c1cccc(Cl)n1.N#Cc1cccnc1-c1ccccn1. The monoisotopic (exact) mass is 396 g/mol. The van der Waals surface area contributed by atoms with Gasteiger partial charge in [0.15, 0.2) is 0 Å². The molecule has 4 heterocycles. The van der Waals surface area contributed by atoms with E-state index < -0.39 is 0 Å². The van der Waals surface area contributed by atoms with Gasteiger partial charge in [-0.2, -0.15) is 10.5 Å². The lowest BCUT2D eigenvalue weighted by Crippen LogP contribution is -1.90. The average Bonchev–Trinajstić information content (AvgIpc) is 2.80. The number of nitriles is 2. The van der Waals surface area contributed by atoms with E-state index >= 15 is 0 Å². The minimum atomic E-state index is 0.391. The minimum Gasteiger partial charge on any atom is -0.255 e. The van der Waals surface area contributed by atoms with Gasteiger partial charge in [-0.1, -0.05) is 23.7 Å². The molecule has 7 heteroatoms. The molecule has 0 atom stereocenters. The summed E-state index contributed by atoms with van der Waals surface area (Å²) in [6.45, 7) is 0. The zero-order valence-corrected chi connectivity index (χ0v) is 15.8. The first-order chi connectivity index (χ1) is 14.2. The van der Waals surface area contributed by atoms with Crippen LogP contribution in [-0.4, -0.2) is 19.9 Å². The molecule has 4 aromatic heterocycles. The van der Waals surface area contributed by atoms with Crippen LogP contribution in [0.5, 0.6) is 0 Å². The Morgan fingerprint density at radius 3 is 1.76 bits per heavy atom. The van der Waals surface area contributed by atoms with Gasteiger partial charge in [-0.05, 0) is 48.5 Å². The standard InChI is InChI=1S/C11H6ClN3.C11H7N3/c12-10-5-1-4-9(15-10)11-8(7-13)3-2-6-14-11;12-8-9-4-3-7-14-11(9)10-5-1-2-6-13-10/h1-6H;1-7H. The highest BCUT2D eigenvalue weighted by Gasteiger charge is 2.07. The van der Waals surface area contributed by atoms with Crippen molar-refractivity contribution in [3.05, 3.63) is 95.5 Å². The van der Waals surface area contributed by atoms with Crippen molar-refractivity contribution in [3.63, 3.8) is 0 Å². The maximum atomic E-state index is 8.90. The molecule has 6 nitrogen and oxygen atoms in total. The average molecular weight is 397 g/mol. The fourth-order valence-corrected chi connectivity index (χ4v) is 2.61. The van der Waals surface area contributed by atoms with E-state index in [2.05, 4.69) is 32.1 Å². The summed E-state index contributed by atoms with van der Waals surface area (Å²) < 4.78 is 0. The summed E-state index contributed by atoms with van der Waals surface area (Å²) in [5, 5.41) is 18.2. The Hall–Kier alpha value is -4.13. The van der Waals surface area contributed by atoms with E-state index in [4.69, 9.17) is 22.1 Å². The zero-order valence-electron chi connectivity index (χ0n) is 15.1. The number of rotatable bonds is 2. The molecule has 0 bridgehead atoms. The molecule has 0 radical (unpaired) electrons. The number of hydrogen-bond acceptors (Lipinski definition) is 6. The van der Waals surface area contributed by atoms with Gasteiger partial charge in [0.25, 0.3) is 0 Å². The van der Waals surface area contributed by atoms with Crippen LogP contribution in [0.3, 0.4) is 0 Å². The normalized spacial score (nSPS) is 9.48. The van der Waals surface area contributed by atoms with Gasteiger partial charge in [0.05, 0.1) is 22.5 Å². The molecule has 0 aromatic carbocycles. The Morgan fingerprint density at radius 2 is 1.21 bits per heavy atom. The Kier molecular flexibility index (Phi) is 6.57. The highest BCUT2D eigenvalue weighted by Crippen LogP contribution is 2.20. The van der Waals surface area contributed by atoms with Crippen molar-refractivity contribution in [1.82, 2.24) is 19.9 Å². The molecule has 0 fully saturated rings. The molecule has 0 saturated heterocycles. The Bertz CT molecular complexity index is 1200. The first kappa shape index (κ1) is 19.6. The first-order valence-corrected chi connectivity index (χ1v) is 8.85. The fraction of sp³-hybridized carbons (Fsp3) is 0. The molecule has 0 aliphatic rings. The molecule has 29 heavy (non-hydrogen) atoms. The van der Waals surface area contributed by atoms with E-state index in [1.54, 1.807) is 61.1 Å². The molecule has 0 amide bonds. The van der Waals surface area contributed by atoms with Gasteiger partial charge in [-0.15, -0.1) is 0 Å². The molecular weight excluding hydrogens is 384 g/mol. The fourth-order valence-electron chi connectivity index (χ4n) is 2.44. The van der Waals surface area contributed by atoms with Gasteiger partial charge in [0, 0.05) is 18.6 Å². The van der Waals surface area contributed by atoms with Gasteiger partial charge in [-0.25, -0.2) is 4.98 Å². The lowest BCUT2D eigenvalue weighted by Gasteiger charge is -2.01. The van der Waals surface area contributed by atoms with Crippen LogP contribution in [0.4, 0.5) is 0 Å². The number of pyridine rings is 4. The third-order valence-corrected chi connectivity index (χ3v) is 3.93. The third-order valence-electron chi connectivity index (χ3n) is 3.72. The van der Waals surface area contributed by atoms with E-state index in [1.165, 1.54) is 0 Å². The Balaban J connectivity index is 0.000000166. The molecule has 138 valence electrons. The Morgan fingerprint density at radius 1 is 0.621 bits per heavy atom. The van der Waals surface area contributed by atoms with Gasteiger partial charge >= 0.3 is 0 Å².